The van der Waals surface area contributed by atoms with Gasteiger partial charge >= 0.3 is 12.1 Å². The number of anilines is 1. The minimum atomic E-state index is -0.808. The third-order valence-corrected chi connectivity index (χ3v) is 7.13. The number of nitrogens with zero attached hydrogens (tertiary/aromatic N) is 1. The molecule has 6 nitrogen and oxygen atoms in total. The van der Waals surface area contributed by atoms with Crippen molar-refractivity contribution in [3.8, 4) is 21.6 Å². The Bertz CT molecular complexity index is 1330. The molecule has 1 heterocycles. The summed E-state index contributed by atoms with van der Waals surface area (Å²) in [6.45, 7) is 5.57. The second-order valence-electron chi connectivity index (χ2n) is 8.55. The van der Waals surface area contributed by atoms with Crippen LogP contribution in [0.5, 0.6) is 0 Å². The first-order valence-electron chi connectivity index (χ1n) is 11.8. The summed E-state index contributed by atoms with van der Waals surface area (Å²) in [4.78, 5) is 24.9. The van der Waals surface area contributed by atoms with Gasteiger partial charge in [-0.3, -0.25) is 10.1 Å². The molecule has 4 aromatic rings. The average Bonchev–Trinajstić information content (AvgIpc) is 3.25. The van der Waals surface area contributed by atoms with Gasteiger partial charge in [-0.2, -0.15) is 4.37 Å². The number of rotatable bonds is 8. The summed E-state index contributed by atoms with van der Waals surface area (Å²) in [6.07, 6.45) is -0.359. The molecule has 0 radical (unpaired) electrons. The van der Waals surface area contributed by atoms with E-state index in [1.54, 1.807) is 0 Å². The number of ether oxygens (including phenoxy) is 1. The molecule has 0 bridgehead atoms. The van der Waals surface area contributed by atoms with Crippen molar-refractivity contribution in [2.24, 2.45) is 0 Å². The zero-order valence-corrected chi connectivity index (χ0v) is 21.2. The van der Waals surface area contributed by atoms with E-state index in [0.717, 1.165) is 38.4 Å². The Hall–Kier alpha value is -3.97. The number of aryl methyl sites for hydroxylation is 1. The lowest BCUT2D eigenvalue weighted by Gasteiger charge is -2.15. The first kappa shape index (κ1) is 25.1. The van der Waals surface area contributed by atoms with Gasteiger partial charge in [0.25, 0.3) is 0 Å². The van der Waals surface area contributed by atoms with Crippen LogP contribution in [0, 0.1) is 6.92 Å². The molecule has 0 saturated heterocycles. The van der Waals surface area contributed by atoms with Crippen molar-refractivity contribution in [1.29, 1.82) is 0 Å². The molecule has 0 spiro atoms. The first-order valence-corrected chi connectivity index (χ1v) is 12.6. The number of nitrogens with one attached hydrogen (secondary N) is 1. The zero-order chi connectivity index (χ0) is 25.7. The van der Waals surface area contributed by atoms with Gasteiger partial charge in [-0.25, -0.2) is 4.79 Å². The number of carboxylic acids is 1. The zero-order valence-electron chi connectivity index (χ0n) is 20.4. The van der Waals surface area contributed by atoms with Crippen LogP contribution >= 0.6 is 11.5 Å². The van der Waals surface area contributed by atoms with Crippen molar-refractivity contribution in [1.82, 2.24) is 4.37 Å². The highest BCUT2D eigenvalue weighted by atomic mass is 32.1. The molecule has 184 valence electrons. The van der Waals surface area contributed by atoms with Crippen molar-refractivity contribution in [2.45, 2.75) is 39.2 Å². The number of aromatic nitrogens is 1. The van der Waals surface area contributed by atoms with Crippen LogP contribution in [-0.4, -0.2) is 21.5 Å². The number of aliphatic carboxylic acids is 1. The molecule has 0 aliphatic rings. The highest BCUT2D eigenvalue weighted by Gasteiger charge is 2.19. The summed E-state index contributed by atoms with van der Waals surface area (Å²) in [7, 11) is 0. The number of amides is 1. The molecule has 0 aliphatic heterocycles. The summed E-state index contributed by atoms with van der Waals surface area (Å²) in [6, 6.07) is 25.2. The topological polar surface area (TPSA) is 88.5 Å². The standard InChI is InChI=1S/C29H28N2O4S/c1-4-25(28(32)33)23-14-10-21(11-15-23)22-12-16-24(17-13-22)27-26(18(2)31-36-27)30-29(34)35-19(3)20-8-6-5-7-9-20/h5-17,19,25H,4H2,1-3H3,(H,30,34)(H,32,33)/t19-,25?/m1/s1. The molecule has 1 unspecified atom stereocenters. The average molecular weight is 501 g/mol. The highest BCUT2D eigenvalue weighted by molar-refractivity contribution is 7.10. The second-order valence-corrected chi connectivity index (χ2v) is 9.33. The van der Waals surface area contributed by atoms with E-state index in [1.807, 2.05) is 99.6 Å². The third kappa shape index (κ3) is 5.63. The van der Waals surface area contributed by atoms with Crippen LogP contribution in [0.15, 0.2) is 78.9 Å². The number of carboxylic acid groups (broad SMARTS) is 1. The van der Waals surface area contributed by atoms with Crippen LogP contribution in [0.2, 0.25) is 0 Å². The number of carbonyl (C=O) groups excluding carboxylic acids is 1. The van der Waals surface area contributed by atoms with Gasteiger partial charge < -0.3 is 9.84 Å². The smallest absolute Gasteiger partial charge is 0.412 e. The van der Waals surface area contributed by atoms with E-state index in [1.165, 1.54) is 11.5 Å². The molecule has 4 rings (SSSR count). The Balaban J connectivity index is 1.48. The van der Waals surface area contributed by atoms with Crippen LogP contribution in [0.1, 0.15) is 49.1 Å². The van der Waals surface area contributed by atoms with Crippen molar-refractivity contribution in [3.63, 3.8) is 0 Å². The van der Waals surface area contributed by atoms with Gasteiger partial charge in [0.1, 0.15) is 6.10 Å². The van der Waals surface area contributed by atoms with Crippen molar-refractivity contribution < 1.29 is 19.4 Å². The maximum Gasteiger partial charge on any atom is 0.412 e. The molecular weight excluding hydrogens is 472 g/mol. The monoisotopic (exact) mass is 500 g/mol. The summed E-state index contributed by atoms with van der Waals surface area (Å²) in [5, 5.41) is 12.3. The van der Waals surface area contributed by atoms with Crippen LogP contribution < -0.4 is 5.32 Å². The Labute approximate surface area is 214 Å². The molecule has 7 heteroatoms. The van der Waals surface area contributed by atoms with Crippen molar-refractivity contribution in [2.75, 3.05) is 5.32 Å². The molecule has 1 aromatic heterocycles. The fourth-order valence-corrected chi connectivity index (χ4v) is 4.92. The fourth-order valence-electron chi connectivity index (χ4n) is 4.07. The van der Waals surface area contributed by atoms with Gasteiger partial charge in [0, 0.05) is 0 Å². The normalized spacial score (nSPS) is 12.5. The third-order valence-electron chi connectivity index (χ3n) is 6.14. The maximum atomic E-state index is 12.6. The quantitative estimate of drug-likeness (QED) is 0.259. The molecule has 0 fully saturated rings. The molecule has 36 heavy (non-hydrogen) atoms. The maximum absolute atomic E-state index is 12.6. The SMILES string of the molecule is CCC(C(=O)O)c1ccc(-c2ccc(-c3snc(C)c3NC(=O)O[C@H](C)c3ccccc3)cc2)cc1. The number of hydrogen-bond acceptors (Lipinski definition) is 5. The molecule has 1 amide bonds. The van der Waals surface area contributed by atoms with Crippen molar-refractivity contribution >= 4 is 29.3 Å². The Morgan fingerprint density at radius 1 is 0.917 bits per heavy atom. The van der Waals surface area contributed by atoms with E-state index >= 15 is 0 Å². The van der Waals surface area contributed by atoms with E-state index in [-0.39, 0.29) is 6.10 Å². The van der Waals surface area contributed by atoms with Crippen LogP contribution in [-0.2, 0) is 9.53 Å². The molecule has 2 N–H and O–H groups in total. The lowest BCUT2D eigenvalue weighted by Crippen LogP contribution is -2.16. The minimum absolute atomic E-state index is 0.379. The van der Waals surface area contributed by atoms with E-state index in [0.29, 0.717) is 12.1 Å². The number of carbonyl (C=O) groups is 2. The summed E-state index contributed by atoms with van der Waals surface area (Å²) in [5.74, 6) is -1.30. The van der Waals surface area contributed by atoms with Gasteiger partial charge in [0.2, 0.25) is 0 Å². The Morgan fingerprint density at radius 2 is 1.50 bits per heavy atom. The van der Waals surface area contributed by atoms with E-state index in [4.69, 9.17) is 4.74 Å². The first-order chi connectivity index (χ1) is 17.4. The van der Waals surface area contributed by atoms with Gasteiger partial charge in [-0.15, -0.1) is 0 Å². The van der Waals surface area contributed by atoms with Crippen LogP contribution in [0.3, 0.4) is 0 Å². The Morgan fingerprint density at radius 3 is 2.08 bits per heavy atom. The summed E-state index contributed by atoms with van der Waals surface area (Å²) < 4.78 is 10.0. The summed E-state index contributed by atoms with van der Waals surface area (Å²) in [5.41, 5.74) is 6.04. The molecule has 0 saturated carbocycles. The highest BCUT2D eigenvalue weighted by Crippen LogP contribution is 2.36. The van der Waals surface area contributed by atoms with E-state index in [9.17, 15) is 14.7 Å². The summed E-state index contributed by atoms with van der Waals surface area (Å²) >= 11 is 1.32. The molecule has 3 aromatic carbocycles. The predicted molar refractivity (Wildman–Crippen MR) is 143 cm³/mol. The van der Waals surface area contributed by atoms with Gasteiger partial charge in [-0.05, 0) is 59.6 Å². The van der Waals surface area contributed by atoms with Gasteiger partial charge in [0.05, 0.1) is 22.2 Å². The van der Waals surface area contributed by atoms with Crippen molar-refractivity contribution in [3.05, 3.63) is 95.7 Å². The molecular formula is C29H28N2O4S. The lowest BCUT2D eigenvalue weighted by molar-refractivity contribution is -0.138. The fraction of sp³-hybridized carbons (Fsp3) is 0.207. The number of hydrogen-bond donors (Lipinski definition) is 2. The lowest BCUT2D eigenvalue weighted by atomic mass is 9.94. The van der Waals surface area contributed by atoms with Gasteiger partial charge in [-0.1, -0.05) is 85.8 Å². The largest absolute Gasteiger partial charge is 0.481 e. The minimum Gasteiger partial charge on any atom is -0.481 e. The van der Waals surface area contributed by atoms with E-state index < -0.39 is 18.0 Å². The van der Waals surface area contributed by atoms with Crippen LogP contribution in [0.25, 0.3) is 21.6 Å². The molecule has 2 atom stereocenters. The van der Waals surface area contributed by atoms with E-state index in [2.05, 4.69) is 9.69 Å². The number of benzene rings is 3. The predicted octanol–water partition coefficient (Wildman–Crippen LogP) is 7.67. The van der Waals surface area contributed by atoms with Crippen LogP contribution in [0.4, 0.5) is 10.5 Å². The molecule has 0 aliphatic carbocycles. The van der Waals surface area contributed by atoms with Gasteiger partial charge in [0.15, 0.2) is 0 Å². The second kappa shape index (κ2) is 11.2. The Kier molecular flexibility index (Phi) is 7.80.